The van der Waals surface area contributed by atoms with Gasteiger partial charge in [-0.2, -0.15) is 0 Å². The van der Waals surface area contributed by atoms with Gasteiger partial charge in [-0.3, -0.25) is 4.99 Å². The molecule has 1 aliphatic rings. The number of nitrogens with one attached hydrogen (secondary N) is 2. The van der Waals surface area contributed by atoms with Gasteiger partial charge in [-0.1, -0.05) is 23.8 Å². The van der Waals surface area contributed by atoms with Crippen LogP contribution in [0, 0.1) is 6.92 Å². The van der Waals surface area contributed by atoms with Crippen LogP contribution in [0.2, 0.25) is 0 Å². The van der Waals surface area contributed by atoms with E-state index in [1.807, 2.05) is 6.92 Å². The number of aliphatic imine (C=N–C) groups is 1. The lowest BCUT2D eigenvalue weighted by molar-refractivity contribution is 0.110. The van der Waals surface area contributed by atoms with E-state index < -0.39 is 0 Å². The molecule has 1 aromatic carbocycles. The molecule has 0 amide bonds. The van der Waals surface area contributed by atoms with E-state index in [0.717, 1.165) is 30.2 Å². The first-order valence-corrected chi connectivity index (χ1v) is 9.65. The van der Waals surface area contributed by atoms with Crippen LogP contribution < -0.4 is 15.4 Å². The van der Waals surface area contributed by atoms with Crippen LogP contribution >= 0.6 is 0 Å². The monoisotopic (exact) mass is 359 g/mol. The van der Waals surface area contributed by atoms with E-state index in [1.165, 1.54) is 24.8 Å². The Kier molecular flexibility index (Phi) is 9.04. The van der Waals surface area contributed by atoms with Crippen molar-refractivity contribution in [1.29, 1.82) is 0 Å². The largest absolute Gasteiger partial charge is 0.491 e. The van der Waals surface area contributed by atoms with Crippen LogP contribution in [0.1, 0.15) is 43.7 Å². The number of guanidine groups is 1. The summed E-state index contributed by atoms with van der Waals surface area (Å²) in [5, 5.41) is 6.78. The van der Waals surface area contributed by atoms with Gasteiger partial charge in [0.25, 0.3) is 0 Å². The van der Waals surface area contributed by atoms with Gasteiger partial charge in [-0.05, 0) is 51.2 Å². The Balaban J connectivity index is 1.81. The number of rotatable bonds is 10. The SMILES string of the molecule is CCOCCOc1cc(C)ccc1CNC(=NC)NCCC1=CCCC1. The molecule has 26 heavy (non-hydrogen) atoms. The predicted molar refractivity (Wildman–Crippen MR) is 108 cm³/mol. The number of benzene rings is 1. The lowest BCUT2D eigenvalue weighted by Gasteiger charge is -2.15. The molecule has 0 aromatic heterocycles. The summed E-state index contributed by atoms with van der Waals surface area (Å²) >= 11 is 0. The maximum atomic E-state index is 5.90. The van der Waals surface area contributed by atoms with E-state index in [0.29, 0.717) is 26.4 Å². The van der Waals surface area contributed by atoms with Crippen molar-refractivity contribution in [2.75, 3.05) is 33.4 Å². The number of hydrogen-bond acceptors (Lipinski definition) is 3. The Hall–Kier alpha value is -2.01. The molecule has 0 atom stereocenters. The number of ether oxygens (including phenoxy) is 2. The van der Waals surface area contributed by atoms with Gasteiger partial charge >= 0.3 is 0 Å². The molecular weight excluding hydrogens is 326 g/mol. The predicted octanol–water partition coefficient (Wildman–Crippen LogP) is 3.58. The Morgan fingerprint density at radius 2 is 2.12 bits per heavy atom. The van der Waals surface area contributed by atoms with E-state index in [4.69, 9.17) is 9.47 Å². The van der Waals surface area contributed by atoms with Gasteiger partial charge in [-0.15, -0.1) is 0 Å². The van der Waals surface area contributed by atoms with Gasteiger partial charge in [-0.25, -0.2) is 0 Å². The summed E-state index contributed by atoms with van der Waals surface area (Å²) in [6.45, 7) is 7.53. The topological polar surface area (TPSA) is 54.9 Å². The Bertz CT molecular complexity index is 611. The normalized spacial score (nSPS) is 14.3. The molecule has 0 saturated heterocycles. The fourth-order valence-corrected chi connectivity index (χ4v) is 3.00. The molecule has 144 valence electrons. The average molecular weight is 360 g/mol. The molecule has 0 unspecified atom stereocenters. The quantitative estimate of drug-likeness (QED) is 0.290. The van der Waals surface area contributed by atoms with Gasteiger partial charge in [0.05, 0.1) is 6.61 Å². The first-order chi connectivity index (χ1) is 12.7. The standard InChI is InChI=1S/C21H33N3O2/c1-4-25-13-14-26-20-15-17(2)9-10-19(20)16-24-21(22-3)23-12-11-18-7-5-6-8-18/h7,9-10,15H,4-6,8,11-14,16H2,1-3H3,(H2,22,23,24). The van der Waals surface area contributed by atoms with Gasteiger partial charge in [0.1, 0.15) is 12.4 Å². The lowest BCUT2D eigenvalue weighted by atomic mass is 10.1. The van der Waals surface area contributed by atoms with Crippen LogP contribution in [0.3, 0.4) is 0 Å². The van der Waals surface area contributed by atoms with Crippen molar-refractivity contribution in [2.24, 2.45) is 4.99 Å². The molecule has 0 fully saturated rings. The summed E-state index contributed by atoms with van der Waals surface area (Å²) in [6, 6.07) is 6.29. The molecule has 0 heterocycles. The third-order valence-electron chi connectivity index (χ3n) is 4.46. The summed E-state index contributed by atoms with van der Waals surface area (Å²) in [7, 11) is 1.80. The van der Waals surface area contributed by atoms with Crippen LogP contribution in [-0.2, 0) is 11.3 Å². The molecule has 0 radical (unpaired) electrons. The van der Waals surface area contributed by atoms with Crippen LogP contribution in [-0.4, -0.2) is 39.4 Å². The molecule has 2 rings (SSSR count). The number of aryl methyl sites for hydroxylation is 1. The fourth-order valence-electron chi connectivity index (χ4n) is 3.00. The van der Waals surface area contributed by atoms with Crippen LogP contribution in [0.25, 0.3) is 0 Å². The van der Waals surface area contributed by atoms with Crippen LogP contribution in [0.4, 0.5) is 0 Å². The molecule has 1 aliphatic carbocycles. The minimum absolute atomic E-state index is 0.562. The van der Waals surface area contributed by atoms with Crippen molar-refractivity contribution < 1.29 is 9.47 Å². The van der Waals surface area contributed by atoms with Gasteiger partial charge in [0.15, 0.2) is 5.96 Å². The summed E-state index contributed by atoms with van der Waals surface area (Å²) in [4.78, 5) is 4.32. The zero-order valence-electron chi connectivity index (χ0n) is 16.4. The average Bonchev–Trinajstić information content (AvgIpc) is 3.16. The molecule has 5 heteroatoms. The summed E-state index contributed by atoms with van der Waals surface area (Å²) in [5.41, 5.74) is 3.87. The molecular formula is C21H33N3O2. The van der Waals surface area contributed by atoms with Crippen molar-refractivity contribution in [2.45, 2.75) is 46.1 Å². The van der Waals surface area contributed by atoms with Gasteiger partial charge in [0, 0.05) is 32.3 Å². The molecule has 2 N–H and O–H groups in total. The van der Waals surface area contributed by atoms with Crippen molar-refractivity contribution in [3.8, 4) is 5.75 Å². The molecule has 0 aliphatic heterocycles. The highest BCUT2D eigenvalue weighted by Gasteiger charge is 2.07. The number of hydrogen-bond donors (Lipinski definition) is 2. The second-order valence-corrected chi connectivity index (χ2v) is 6.51. The maximum Gasteiger partial charge on any atom is 0.191 e. The first-order valence-electron chi connectivity index (χ1n) is 9.65. The highest BCUT2D eigenvalue weighted by atomic mass is 16.5. The molecule has 0 spiro atoms. The van der Waals surface area contributed by atoms with E-state index >= 15 is 0 Å². The van der Waals surface area contributed by atoms with Gasteiger partial charge in [0.2, 0.25) is 0 Å². The fraction of sp³-hybridized carbons (Fsp3) is 0.571. The summed E-state index contributed by atoms with van der Waals surface area (Å²) in [5.74, 6) is 1.73. The summed E-state index contributed by atoms with van der Waals surface area (Å²) in [6.07, 6.45) is 7.26. The Labute approximate surface area is 157 Å². The smallest absolute Gasteiger partial charge is 0.191 e. The number of nitrogens with zero attached hydrogens (tertiary/aromatic N) is 1. The third-order valence-corrected chi connectivity index (χ3v) is 4.46. The Morgan fingerprint density at radius 1 is 1.23 bits per heavy atom. The Morgan fingerprint density at radius 3 is 2.85 bits per heavy atom. The van der Waals surface area contributed by atoms with Crippen molar-refractivity contribution in [3.63, 3.8) is 0 Å². The van der Waals surface area contributed by atoms with E-state index in [9.17, 15) is 0 Å². The maximum absolute atomic E-state index is 5.90. The molecule has 0 saturated carbocycles. The zero-order chi connectivity index (χ0) is 18.6. The minimum atomic E-state index is 0.562. The van der Waals surface area contributed by atoms with E-state index in [2.05, 4.69) is 46.8 Å². The van der Waals surface area contributed by atoms with E-state index in [-0.39, 0.29) is 0 Å². The first kappa shape index (κ1) is 20.3. The highest BCUT2D eigenvalue weighted by Crippen LogP contribution is 2.21. The molecule has 0 bridgehead atoms. The second kappa shape index (κ2) is 11.6. The lowest BCUT2D eigenvalue weighted by Crippen LogP contribution is -2.37. The molecule has 5 nitrogen and oxygen atoms in total. The van der Waals surface area contributed by atoms with E-state index in [1.54, 1.807) is 12.6 Å². The van der Waals surface area contributed by atoms with Crippen molar-refractivity contribution in [1.82, 2.24) is 10.6 Å². The van der Waals surface area contributed by atoms with Gasteiger partial charge < -0.3 is 20.1 Å². The zero-order valence-corrected chi connectivity index (χ0v) is 16.4. The minimum Gasteiger partial charge on any atom is -0.491 e. The number of allylic oxidation sites excluding steroid dienone is 1. The molecule has 1 aromatic rings. The summed E-state index contributed by atoms with van der Waals surface area (Å²) < 4.78 is 11.3. The third kappa shape index (κ3) is 7.08. The highest BCUT2D eigenvalue weighted by molar-refractivity contribution is 5.79. The van der Waals surface area contributed by atoms with Crippen molar-refractivity contribution >= 4 is 5.96 Å². The van der Waals surface area contributed by atoms with Crippen LogP contribution in [0.5, 0.6) is 5.75 Å². The van der Waals surface area contributed by atoms with Crippen molar-refractivity contribution in [3.05, 3.63) is 41.0 Å². The second-order valence-electron chi connectivity index (χ2n) is 6.51. The van der Waals surface area contributed by atoms with Crippen LogP contribution in [0.15, 0.2) is 34.8 Å².